The Balaban J connectivity index is 1.90. The molecule has 1 heterocycles. The monoisotopic (exact) mass is 354 g/mol. The number of hydrogen-bond donors (Lipinski definition) is 2. The van der Waals surface area contributed by atoms with Crippen LogP contribution in [0.4, 0.5) is 0 Å². The minimum Gasteiger partial charge on any atom is -0.486 e. The molecule has 0 spiro atoms. The molecule has 130 valence electrons. The van der Waals surface area contributed by atoms with E-state index >= 15 is 0 Å². The second-order valence-corrected chi connectivity index (χ2v) is 6.72. The Hall–Kier alpha value is -2.46. The van der Waals surface area contributed by atoms with Gasteiger partial charge in [0.05, 0.1) is 4.90 Å². The number of aryl methyl sites for hydroxylation is 1. The lowest BCUT2D eigenvalue weighted by Gasteiger charge is -2.08. The first kappa shape index (κ1) is 17.9. The number of hydrogen-bond acceptors (Lipinski definition) is 6. The van der Waals surface area contributed by atoms with E-state index in [1.165, 1.54) is 18.5 Å². The van der Waals surface area contributed by atoms with E-state index in [1.807, 2.05) is 0 Å². The van der Waals surface area contributed by atoms with Gasteiger partial charge in [-0.1, -0.05) is 0 Å². The first-order valence-electron chi connectivity index (χ1n) is 7.15. The van der Waals surface area contributed by atoms with Crippen molar-refractivity contribution in [2.24, 2.45) is 7.05 Å². The Labute approximate surface area is 139 Å². The molecule has 10 heteroatoms. The van der Waals surface area contributed by atoms with Crippen molar-refractivity contribution in [3.05, 3.63) is 36.4 Å². The van der Waals surface area contributed by atoms with Gasteiger partial charge in [-0.3, -0.25) is 9.48 Å². The molecule has 2 aromatic rings. The Bertz CT molecular complexity index is 786. The van der Waals surface area contributed by atoms with Gasteiger partial charge in [-0.05, 0) is 30.7 Å². The van der Waals surface area contributed by atoms with Crippen molar-refractivity contribution in [2.45, 2.75) is 24.3 Å². The summed E-state index contributed by atoms with van der Waals surface area (Å²) in [5.41, 5.74) is 0. The number of rotatable bonds is 9. The van der Waals surface area contributed by atoms with Crippen LogP contribution in [0.25, 0.3) is 0 Å². The molecule has 2 rings (SSSR count). The normalized spacial score (nSPS) is 11.4. The minimum absolute atomic E-state index is 0.0685. The highest BCUT2D eigenvalue weighted by molar-refractivity contribution is 7.89. The predicted molar refractivity (Wildman–Crippen MR) is 83.8 cm³/mol. The summed E-state index contributed by atoms with van der Waals surface area (Å²) in [4.78, 5) is 14.5. The number of aromatic nitrogens is 3. The third-order valence-electron chi connectivity index (χ3n) is 3.17. The van der Waals surface area contributed by atoms with E-state index in [9.17, 15) is 13.2 Å². The Morgan fingerprint density at radius 2 is 2.04 bits per heavy atom. The second-order valence-electron chi connectivity index (χ2n) is 4.96. The van der Waals surface area contributed by atoms with Gasteiger partial charge in [-0.25, -0.2) is 18.1 Å². The number of carboxylic acids is 1. The Morgan fingerprint density at radius 3 is 2.62 bits per heavy atom. The summed E-state index contributed by atoms with van der Waals surface area (Å²) in [5.74, 6) is 0.188. The molecule has 0 saturated heterocycles. The summed E-state index contributed by atoms with van der Waals surface area (Å²) in [7, 11) is -1.92. The first-order valence-corrected chi connectivity index (χ1v) is 8.64. The summed E-state index contributed by atoms with van der Waals surface area (Å²) < 4.78 is 33.6. The van der Waals surface area contributed by atoms with Crippen molar-refractivity contribution < 1.29 is 23.1 Å². The highest BCUT2D eigenvalue weighted by Gasteiger charge is 2.13. The summed E-state index contributed by atoms with van der Waals surface area (Å²) in [6.45, 7) is 0.287. The highest BCUT2D eigenvalue weighted by Crippen LogP contribution is 2.16. The molecule has 0 saturated carbocycles. The van der Waals surface area contributed by atoms with Crippen LogP contribution in [-0.4, -0.2) is 40.8 Å². The molecule has 0 fully saturated rings. The van der Waals surface area contributed by atoms with Gasteiger partial charge < -0.3 is 9.84 Å². The molecule has 1 aromatic heterocycles. The van der Waals surface area contributed by atoms with Crippen LogP contribution < -0.4 is 9.46 Å². The van der Waals surface area contributed by atoms with Gasteiger partial charge in [-0.2, -0.15) is 5.10 Å². The number of sulfonamides is 1. The smallest absolute Gasteiger partial charge is 0.303 e. The number of nitrogens with one attached hydrogen (secondary N) is 1. The summed E-state index contributed by atoms with van der Waals surface area (Å²) in [6, 6.07) is 5.93. The van der Waals surface area contributed by atoms with Crippen molar-refractivity contribution in [2.75, 3.05) is 6.54 Å². The first-order chi connectivity index (χ1) is 11.4. The Kier molecular flexibility index (Phi) is 5.88. The van der Waals surface area contributed by atoms with Crippen molar-refractivity contribution >= 4 is 16.0 Å². The molecule has 9 nitrogen and oxygen atoms in total. The quantitative estimate of drug-likeness (QED) is 0.630. The van der Waals surface area contributed by atoms with Gasteiger partial charge in [0.1, 0.15) is 18.7 Å². The number of carboxylic acid groups (broad SMARTS) is 1. The molecule has 0 radical (unpaired) electrons. The van der Waals surface area contributed by atoms with E-state index in [4.69, 9.17) is 9.84 Å². The van der Waals surface area contributed by atoms with Crippen LogP contribution in [-0.2, 0) is 28.5 Å². The fraction of sp³-hybridized carbons (Fsp3) is 0.357. The average Bonchev–Trinajstić information content (AvgIpc) is 2.95. The molecule has 0 unspecified atom stereocenters. The molecule has 24 heavy (non-hydrogen) atoms. The van der Waals surface area contributed by atoms with Gasteiger partial charge in [-0.15, -0.1) is 0 Å². The van der Waals surface area contributed by atoms with Gasteiger partial charge in [0.25, 0.3) is 0 Å². The van der Waals surface area contributed by atoms with Crippen molar-refractivity contribution in [1.82, 2.24) is 19.5 Å². The van der Waals surface area contributed by atoms with E-state index in [1.54, 1.807) is 23.9 Å². The van der Waals surface area contributed by atoms with Gasteiger partial charge in [0, 0.05) is 20.0 Å². The lowest BCUT2D eigenvalue weighted by atomic mass is 10.3. The third kappa shape index (κ3) is 5.03. The lowest BCUT2D eigenvalue weighted by molar-refractivity contribution is -0.137. The number of carbonyl (C=O) groups is 1. The molecule has 0 atom stereocenters. The number of nitrogens with zero attached hydrogens (tertiary/aromatic N) is 3. The number of aliphatic carboxylic acids is 1. The van der Waals surface area contributed by atoms with Crippen LogP contribution >= 0.6 is 0 Å². The maximum Gasteiger partial charge on any atom is 0.303 e. The lowest BCUT2D eigenvalue weighted by Crippen LogP contribution is -2.25. The zero-order valence-electron chi connectivity index (χ0n) is 13.0. The molecule has 0 aliphatic carbocycles. The fourth-order valence-electron chi connectivity index (χ4n) is 1.84. The molecular formula is C14H18N4O5S. The molecule has 0 amide bonds. The molecule has 0 bridgehead atoms. The molecule has 0 aliphatic rings. The average molecular weight is 354 g/mol. The number of benzene rings is 1. The molecule has 2 N–H and O–H groups in total. The minimum atomic E-state index is -3.66. The van der Waals surface area contributed by atoms with E-state index in [-0.39, 0.29) is 30.9 Å². The number of ether oxygens (including phenoxy) is 1. The van der Waals surface area contributed by atoms with Gasteiger partial charge in [0.2, 0.25) is 10.0 Å². The second kappa shape index (κ2) is 7.88. The molecule has 0 aliphatic heterocycles. The summed E-state index contributed by atoms with van der Waals surface area (Å²) in [6.07, 6.45) is 1.56. The van der Waals surface area contributed by atoms with Crippen molar-refractivity contribution in [1.29, 1.82) is 0 Å². The zero-order valence-corrected chi connectivity index (χ0v) is 13.9. The van der Waals surface area contributed by atoms with E-state index in [0.717, 1.165) is 0 Å². The van der Waals surface area contributed by atoms with Crippen LogP contribution in [0.15, 0.2) is 35.5 Å². The maximum absolute atomic E-state index is 12.1. The van der Waals surface area contributed by atoms with Gasteiger partial charge in [0.15, 0.2) is 5.82 Å². The van der Waals surface area contributed by atoms with Gasteiger partial charge >= 0.3 is 5.97 Å². The van der Waals surface area contributed by atoms with E-state index in [0.29, 0.717) is 11.6 Å². The third-order valence-corrected chi connectivity index (χ3v) is 4.64. The zero-order chi connectivity index (χ0) is 17.6. The standard InChI is InChI=1S/C14H18N4O5S/c1-18-13(15-10-16-18)9-23-11-4-6-12(7-5-11)24(21,22)17-8-2-3-14(19)20/h4-7,10,17H,2-3,8-9H2,1H3,(H,19,20). The maximum atomic E-state index is 12.1. The fourth-order valence-corrected chi connectivity index (χ4v) is 2.92. The van der Waals surface area contributed by atoms with Crippen LogP contribution in [0.1, 0.15) is 18.7 Å². The molecule has 1 aromatic carbocycles. The van der Waals surface area contributed by atoms with Crippen molar-refractivity contribution in [3.63, 3.8) is 0 Å². The van der Waals surface area contributed by atoms with Crippen LogP contribution in [0.5, 0.6) is 5.75 Å². The summed E-state index contributed by atoms with van der Waals surface area (Å²) >= 11 is 0. The van der Waals surface area contributed by atoms with E-state index in [2.05, 4.69) is 14.8 Å². The van der Waals surface area contributed by atoms with Crippen molar-refractivity contribution in [3.8, 4) is 5.75 Å². The van der Waals surface area contributed by atoms with Crippen LogP contribution in [0.3, 0.4) is 0 Å². The van der Waals surface area contributed by atoms with Crippen LogP contribution in [0, 0.1) is 0 Å². The predicted octanol–water partition coefficient (Wildman–Crippen LogP) is 0.537. The van der Waals surface area contributed by atoms with E-state index < -0.39 is 16.0 Å². The highest BCUT2D eigenvalue weighted by atomic mass is 32.2. The molecular weight excluding hydrogens is 336 g/mol. The summed E-state index contributed by atoms with van der Waals surface area (Å²) in [5, 5.41) is 12.4. The largest absolute Gasteiger partial charge is 0.486 e. The van der Waals surface area contributed by atoms with Crippen LogP contribution in [0.2, 0.25) is 0 Å². The Morgan fingerprint density at radius 1 is 1.33 bits per heavy atom. The SMILES string of the molecule is Cn1ncnc1COc1ccc(S(=O)(=O)NCCCC(=O)O)cc1. The topological polar surface area (TPSA) is 123 Å².